The van der Waals surface area contributed by atoms with E-state index >= 15 is 0 Å². The van der Waals surface area contributed by atoms with Crippen molar-refractivity contribution in [2.24, 2.45) is 0 Å². The average molecular weight is 272 g/mol. The second-order valence-electron chi connectivity index (χ2n) is 4.21. The van der Waals surface area contributed by atoms with Crippen LogP contribution in [0.5, 0.6) is 0 Å². The van der Waals surface area contributed by atoms with Crippen LogP contribution < -0.4 is 16.0 Å². The molecule has 1 aromatic heterocycles. The van der Waals surface area contributed by atoms with Crippen molar-refractivity contribution in [2.75, 3.05) is 31.3 Å². The van der Waals surface area contributed by atoms with E-state index in [0.717, 1.165) is 0 Å². The number of nitrogen functional groups attached to an aromatic ring is 1. The minimum absolute atomic E-state index is 0.235. The van der Waals surface area contributed by atoms with E-state index < -0.39 is 0 Å². The molecule has 0 aliphatic rings. The number of nitrogens with zero attached hydrogens (tertiary/aromatic N) is 2. The Labute approximate surface area is 111 Å². The van der Waals surface area contributed by atoms with Gasteiger partial charge in [-0.15, -0.1) is 0 Å². The molecule has 6 nitrogen and oxygen atoms in total. The van der Waals surface area contributed by atoms with Gasteiger partial charge in [0.25, 0.3) is 5.91 Å². The Bertz CT molecular complexity index is 406. The van der Waals surface area contributed by atoms with Crippen LogP contribution in [0.4, 0.5) is 10.9 Å². The topological polar surface area (TPSA) is 91.5 Å². The summed E-state index contributed by atoms with van der Waals surface area (Å²) in [6.45, 7) is 2.33. The number of nitrogens with two attached hydrogens (primary N) is 1. The van der Waals surface area contributed by atoms with Crippen molar-refractivity contribution in [3.8, 4) is 0 Å². The SMILES string of the molecule is CCC(O)CCNC(=O)c1sc(N(C)C)nc1N. The summed E-state index contributed by atoms with van der Waals surface area (Å²) < 4.78 is 0. The van der Waals surface area contributed by atoms with Crippen molar-refractivity contribution in [1.82, 2.24) is 10.3 Å². The Hall–Kier alpha value is -1.34. The molecule has 0 saturated heterocycles. The molecule has 1 heterocycles. The Morgan fingerprint density at radius 2 is 2.28 bits per heavy atom. The normalized spacial score (nSPS) is 12.2. The van der Waals surface area contributed by atoms with Gasteiger partial charge in [-0.25, -0.2) is 4.98 Å². The zero-order valence-electron chi connectivity index (χ0n) is 10.9. The summed E-state index contributed by atoms with van der Waals surface area (Å²) in [7, 11) is 3.69. The number of anilines is 2. The fourth-order valence-electron chi connectivity index (χ4n) is 1.31. The fourth-order valence-corrected chi connectivity index (χ4v) is 2.14. The van der Waals surface area contributed by atoms with Crippen molar-refractivity contribution >= 4 is 28.2 Å². The number of aliphatic hydroxyl groups excluding tert-OH is 1. The second kappa shape index (κ2) is 6.55. The van der Waals surface area contributed by atoms with Crippen LogP contribution in [0.15, 0.2) is 0 Å². The molecule has 1 aromatic rings. The molecule has 0 radical (unpaired) electrons. The number of rotatable bonds is 6. The monoisotopic (exact) mass is 272 g/mol. The third-order valence-corrected chi connectivity index (χ3v) is 3.70. The van der Waals surface area contributed by atoms with Crippen molar-refractivity contribution in [1.29, 1.82) is 0 Å². The predicted octanol–water partition coefficient (Wildman–Crippen LogP) is 0.682. The molecule has 7 heteroatoms. The molecule has 0 bridgehead atoms. The number of aliphatic hydroxyl groups is 1. The van der Waals surface area contributed by atoms with E-state index in [9.17, 15) is 9.90 Å². The van der Waals surface area contributed by atoms with Crippen LogP contribution in [0, 0.1) is 0 Å². The quantitative estimate of drug-likeness (QED) is 0.708. The maximum atomic E-state index is 11.9. The minimum Gasteiger partial charge on any atom is -0.393 e. The molecule has 0 spiro atoms. The molecule has 0 fully saturated rings. The van der Waals surface area contributed by atoms with Crippen LogP contribution in [-0.4, -0.2) is 42.7 Å². The molecule has 1 rings (SSSR count). The molecule has 102 valence electrons. The molecule has 1 unspecified atom stereocenters. The van der Waals surface area contributed by atoms with Crippen molar-refractivity contribution < 1.29 is 9.90 Å². The largest absolute Gasteiger partial charge is 0.393 e. The number of thiazole rings is 1. The van der Waals surface area contributed by atoms with Gasteiger partial charge in [-0.05, 0) is 12.8 Å². The summed E-state index contributed by atoms with van der Waals surface area (Å²) in [5, 5.41) is 12.8. The molecule has 0 saturated carbocycles. The number of nitrogens with one attached hydrogen (secondary N) is 1. The number of carbonyl (C=O) groups excluding carboxylic acids is 1. The number of amides is 1. The summed E-state index contributed by atoms with van der Waals surface area (Å²) in [6, 6.07) is 0. The zero-order chi connectivity index (χ0) is 13.7. The molecule has 0 aromatic carbocycles. The van der Waals surface area contributed by atoms with Gasteiger partial charge < -0.3 is 21.1 Å². The first kappa shape index (κ1) is 14.7. The molecule has 4 N–H and O–H groups in total. The lowest BCUT2D eigenvalue weighted by Gasteiger charge is -2.08. The van der Waals surface area contributed by atoms with Gasteiger partial charge in [-0.2, -0.15) is 0 Å². The highest BCUT2D eigenvalue weighted by molar-refractivity contribution is 7.18. The highest BCUT2D eigenvalue weighted by Crippen LogP contribution is 2.26. The third-order valence-electron chi connectivity index (χ3n) is 2.47. The highest BCUT2D eigenvalue weighted by atomic mass is 32.1. The Kier molecular flexibility index (Phi) is 5.36. The fraction of sp³-hybridized carbons (Fsp3) is 0.636. The van der Waals surface area contributed by atoms with E-state index in [1.54, 1.807) is 4.90 Å². The first-order valence-corrected chi connectivity index (χ1v) is 6.67. The first-order chi connectivity index (χ1) is 8.45. The molecule has 0 aliphatic carbocycles. The van der Waals surface area contributed by atoms with E-state index in [0.29, 0.717) is 29.4 Å². The minimum atomic E-state index is -0.374. The van der Waals surface area contributed by atoms with E-state index in [1.165, 1.54) is 11.3 Å². The summed E-state index contributed by atoms with van der Waals surface area (Å²) in [6.07, 6.45) is 0.853. The van der Waals surface area contributed by atoms with Gasteiger partial charge in [-0.1, -0.05) is 18.3 Å². The molecule has 1 atom stereocenters. The molecular formula is C11H20N4O2S. The van der Waals surface area contributed by atoms with Crippen LogP contribution in [0.25, 0.3) is 0 Å². The van der Waals surface area contributed by atoms with Gasteiger partial charge in [0.1, 0.15) is 10.7 Å². The number of hydrogen-bond acceptors (Lipinski definition) is 6. The van der Waals surface area contributed by atoms with E-state index in [-0.39, 0.29) is 17.8 Å². The maximum Gasteiger partial charge on any atom is 0.265 e. The molecular weight excluding hydrogens is 252 g/mol. The van der Waals surface area contributed by atoms with Crippen LogP contribution >= 0.6 is 11.3 Å². The van der Waals surface area contributed by atoms with Gasteiger partial charge in [0.2, 0.25) is 0 Å². The van der Waals surface area contributed by atoms with Crippen LogP contribution in [-0.2, 0) is 0 Å². The lowest BCUT2D eigenvalue weighted by molar-refractivity contribution is 0.0946. The Morgan fingerprint density at radius 3 is 2.78 bits per heavy atom. The van der Waals surface area contributed by atoms with E-state index in [1.807, 2.05) is 21.0 Å². The van der Waals surface area contributed by atoms with Crippen molar-refractivity contribution in [3.63, 3.8) is 0 Å². The van der Waals surface area contributed by atoms with Crippen molar-refractivity contribution in [2.45, 2.75) is 25.9 Å². The predicted molar refractivity (Wildman–Crippen MR) is 74.1 cm³/mol. The van der Waals surface area contributed by atoms with Gasteiger partial charge >= 0.3 is 0 Å². The number of aromatic nitrogens is 1. The second-order valence-corrected chi connectivity index (χ2v) is 5.19. The van der Waals surface area contributed by atoms with Gasteiger partial charge in [0, 0.05) is 20.6 Å². The Balaban J connectivity index is 2.56. The number of hydrogen-bond donors (Lipinski definition) is 3. The number of carbonyl (C=O) groups is 1. The van der Waals surface area contributed by atoms with Gasteiger partial charge in [-0.3, -0.25) is 4.79 Å². The summed E-state index contributed by atoms with van der Waals surface area (Å²) in [5.74, 6) is 0.0126. The molecule has 18 heavy (non-hydrogen) atoms. The molecule has 1 amide bonds. The summed E-state index contributed by atoms with van der Waals surface area (Å²) in [4.78, 5) is 18.2. The smallest absolute Gasteiger partial charge is 0.265 e. The lowest BCUT2D eigenvalue weighted by Crippen LogP contribution is -2.26. The zero-order valence-corrected chi connectivity index (χ0v) is 11.8. The highest BCUT2D eigenvalue weighted by Gasteiger charge is 2.16. The first-order valence-electron chi connectivity index (χ1n) is 5.85. The summed E-state index contributed by atoms with van der Waals surface area (Å²) in [5.41, 5.74) is 5.70. The van der Waals surface area contributed by atoms with Crippen LogP contribution in [0.2, 0.25) is 0 Å². The Morgan fingerprint density at radius 1 is 1.61 bits per heavy atom. The lowest BCUT2D eigenvalue weighted by atomic mass is 10.2. The van der Waals surface area contributed by atoms with Gasteiger partial charge in [0.05, 0.1) is 6.10 Å². The molecule has 0 aliphatic heterocycles. The maximum absolute atomic E-state index is 11.9. The van der Waals surface area contributed by atoms with Crippen molar-refractivity contribution in [3.05, 3.63) is 4.88 Å². The average Bonchev–Trinajstić information content (AvgIpc) is 2.71. The van der Waals surface area contributed by atoms with Crippen LogP contribution in [0.3, 0.4) is 0 Å². The van der Waals surface area contributed by atoms with Crippen LogP contribution in [0.1, 0.15) is 29.4 Å². The van der Waals surface area contributed by atoms with E-state index in [2.05, 4.69) is 10.3 Å². The van der Waals surface area contributed by atoms with E-state index in [4.69, 9.17) is 5.73 Å². The third kappa shape index (κ3) is 3.85. The van der Waals surface area contributed by atoms with Gasteiger partial charge in [0.15, 0.2) is 5.13 Å². The standard InChI is InChI=1S/C11H20N4O2S/c1-4-7(16)5-6-13-10(17)8-9(12)14-11(18-8)15(2)3/h7,16H,4-6,12H2,1-3H3,(H,13,17). The summed E-state index contributed by atoms with van der Waals surface area (Å²) >= 11 is 1.26.